The quantitative estimate of drug-likeness (QED) is 0.861. The van der Waals surface area contributed by atoms with Gasteiger partial charge in [0.1, 0.15) is 11.5 Å². The highest BCUT2D eigenvalue weighted by atomic mass is 16.5. The molecule has 0 spiro atoms. The van der Waals surface area contributed by atoms with Gasteiger partial charge in [0.25, 0.3) is 0 Å². The van der Waals surface area contributed by atoms with Gasteiger partial charge >= 0.3 is 0 Å². The number of ether oxygens (including phenoxy) is 1. The molecule has 3 N–H and O–H groups in total. The van der Waals surface area contributed by atoms with Crippen LogP contribution in [0.4, 0.5) is 11.5 Å². The number of nitrogens with one attached hydrogen (secondary N) is 1. The third-order valence-corrected chi connectivity index (χ3v) is 2.77. The molecule has 1 aromatic rings. The van der Waals surface area contributed by atoms with Crippen LogP contribution in [-0.4, -0.2) is 23.1 Å². The third-order valence-electron chi connectivity index (χ3n) is 2.77. The molecule has 1 aromatic heterocycles. The first-order valence-electron chi connectivity index (χ1n) is 6.28. The minimum absolute atomic E-state index is 0.146. The van der Waals surface area contributed by atoms with Gasteiger partial charge in [0.15, 0.2) is 5.82 Å². The molecule has 102 valence electrons. The summed E-state index contributed by atoms with van der Waals surface area (Å²) in [4.78, 5) is 8.87. The van der Waals surface area contributed by atoms with Gasteiger partial charge in [0, 0.05) is 11.5 Å². The number of nitrogens with zero attached hydrogens (tertiary/aromatic N) is 2. The van der Waals surface area contributed by atoms with Crippen LogP contribution in [-0.2, 0) is 5.41 Å². The maximum Gasteiger partial charge on any atom is 0.242 e. The second-order valence-corrected chi connectivity index (χ2v) is 5.52. The maximum atomic E-state index is 6.00. The molecule has 5 heteroatoms. The van der Waals surface area contributed by atoms with Gasteiger partial charge < -0.3 is 15.8 Å². The Labute approximate surface area is 109 Å². The standard InChI is InChI=1S/C13H24N4O/c1-7-8(2)15-10-9(14)11(18-6)17-12(16-10)13(3,4)5/h8H,7,14H2,1-6H3,(H,15,16,17). The minimum Gasteiger partial charge on any atom is -0.479 e. The van der Waals surface area contributed by atoms with Crippen LogP contribution < -0.4 is 15.8 Å². The van der Waals surface area contributed by atoms with Crippen molar-refractivity contribution in [3.63, 3.8) is 0 Å². The normalized spacial score (nSPS) is 13.2. The first-order valence-corrected chi connectivity index (χ1v) is 6.28. The number of hydrogen-bond acceptors (Lipinski definition) is 5. The number of nitrogens with two attached hydrogens (primary N) is 1. The molecule has 0 saturated carbocycles. The van der Waals surface area contributed by atoms with E-state index in [-0.39, 0.29) is 5.41 Å². The van der Waals surface area contributed by atoms with Crippen molar-refractivity contribution < 1.29 is 4.74 Å². The minimum atomic E-state index is -0.146. The van der Waals surface area contributed by atoms with E-state index < -0.39 is 0 Å². The Balaban J connectivity index is 3.23. The van der Waals surface area contributed by atoms with Crippen LogP contribution in [0.2, 0.25) is 0 Å². The molecule has 1 atom stereocenters. The van der Waals surface area contributed by atoms with Crippen molar-refractivity contribution in [2.45, 2.75) is 52.5 Å². The number of hydrogen-bond donors (Lipinski definition) is 2. The van der Waals surface area contributed by atoms with Crippen molar-refractivity contribution in [1.82, 2.24) is 9.97 Å². The molecule has 0 aliphatic carbocycles. The lowest BCUT2D eigenvalue weighted by Crippen LogP contribution is -2.21. The lowest BCUT2D eigenvalue weighted by atomic mass is 9.95. The van der Waals surface area contributed by atoms with Crippen molar-refractivity contribution in [2.24, 2.45) is 0 Å². The van der Waals surface area contributed by atoms with Crippen molar-refractivity contribution in [3.8, 4) is 5.88 Å². The smallest absolute Gasteiger partial charge is 0.242 e. The fraction of sp³-hybridized carbons (Fsp3) is 0.692. The van der Waals surface area contributed by atoms with E-state index in [9.17, 15) is 0 Å². The highest BCUT2D eigenvalue weighted by Gasteiger charge is 2.22. The average molecular weight is 252 g/mol. The summed E-state index contributed by atoms with van der Waals surface area (Å²) in [6, 6.07) is 0.305. The van der Waals surface area contributed by atoms with Crippen molar-refractivity contribution in [3.05, 3.63) is 5.82 Å². The number of methoxy groups -OCH3 is 1. The second kappa shape index (κ2) is 5.42. The van der Waals surface area contributed by atoms with Crippen molar-refractivity contribution >= 4 is 11.5 Å². The van der Waals surface area contributed by atoms with E-state index in [0.717, 1.165) is 12.2 Å². The van der Waals surface area contributed by atoms with Crippen LogP contribution in [0.1, 0.15) is 46.9 Å². The molecule has 0 bridgehead atoms. The Morgan fingerprint density at radius 2 is 1.94 bits per heavy atom. The number of nitrogen functional groups attached to an aromatic ring is 1. The summed E-state index contributed by atoms with van der Waals surface area (Å²) in [5.41, 5.74) is 6.31. The molecule has 18 heavy (non-hydrogen) atoms. The monoisotopic (exact) mass is 252 g/mol. The van der Waals surface area contributed by atoms with Gasteiger partial charge in [-0.15, -0.1) is 0 Å². The summed E-state index contributed by atoms with van der Waals surface area (Å²) in [5, 5.41) is 3.29. The Kier molecular flexibility index (Phi) is 4.38. The fourth-order valence-corrected chi connectivity index (χ4v) is 1.39. The van der Waals surface area contributed by atoms with Gasteiger partial charge in [-0.25, -0.2) is 4.98 Å². The molecule has 0 radical (unpaired) electrons. The van der Waals surface area contributed by atoms with Crippen molar-refractivity contribution in [2.75, 3.05) is 18.2 Å². The molecule has 1 heterocycles. The number of rotatable bonds is 4. The molecule has 5 nitrogen and oxygen atoms in total. The van der Waals surface area contributed by atoms with Crippen molar-refractivity contribution in [1.29, 1.82) is 0 Å². The summed E-state index contributed by atoms with van der Waals surface area (Å²) in [6.07, 6.45) is 0.997. The predicted octanol–water partition coefficient (Wildman–Crippen LogP) is 2.58. The average Bonchev–Trinajstić information content (AvgIpc) is 2.30. The van der Waals surface area contributed by atoms with Gasteiger partial charge in [-0.05, 0) is 13.3 Å². The topological polar surface area (TPSA) is 73.1 Å². The molecular formula is C13H24N4O. The Hall–Kier alpha value is -1.52. The SMILES string of the molecule is CCC(C)Nc1nc(C(C)(C)C)nc(OC)c1N. The summed E-state index contributed by atoms with van der Waals surface area (Å²) in [7, 11) is 1.57. The van der Waals surface area contributed by atoms with Crippen LogP contribution in [0, 0.1) is 0 Å². The van der Waals surface area contributed by atoms with Gasteiger partial charge in [-0.1, -0.05) is 27.7 Å². The zero-order valence-electron chi connectivity index (χ0n) is 12.2. The van der Waals surface area contributed by atoms with E-state index in [4.69, 9.17) is 10.5 Å². The Bertz CT molecular complexity index is 412. The second-order valence-electron chi connectivity index (χ2n) is 5.52. The van der Waals surface area contributed by atoms with Gasteiger partial charge in [-0.3, -0.25) is 0 Å². The van der Waals surface area contributed by atoms with E-state index in [1.165, 1.54) is 0 Å². The summed E-state index contributed by atoms with van der Waals surface area (Å²) in [5.74, 6) is 1.81. The summed E-state index contributed by atoms with van der Waals surface area (Å²) >= 11 is 0. The predicted molar refractivity (Wildman–Crippen MR) is 75.1 cm³/mol. The lowest BCUT2D eigenvalue weighted by molar-refractivity contribution is 0.391. The van der Waals surface area contributed by atoms with Crippen LogP contribution in [0.25, 0.3) is 0 Å². The lowest BCUT2D eigenvalue weighted by Gasteiger charge is -2.21. The van der Waals surface area contributed by atoms with Crippen LogP contribution in [0.15, 0.2) is 0 Å². The highest BCUT2D eigenvalue weighted by molar-refractivity contribution is 5.67. The van der Waals surface area contributed by atoms with Gasteiger partial charge in [0.2, 0.25) is 5.88 Å². The largest absolute Gasteiger partial charge is 0.479 e. The Morgan fingerprint density at radius 1 is 1.33 bits per heavy atom. The fourth-order valence-electron chi connectivity index (χ4n) is 1.39. The van der Waals surface area contributed by atoms with E-state index in [2.05, 4.69) is 49.9 Å². The van der Waals surface area contributed by atoms with Gasteiger partial charge in [-0.2, -0.15) is 4.98 Å². The van der Waals surface area contributed by atoms with Crippen LogP contribution >= 0.6 is 0 Å². The third kappa shape index (κ3) is 3.24. The zero-order valence-corrected chi connectivity index (χ0v) is 12.2. The first-order chi connectivity index (χ1) is 8.29. The molecular weight excluding hydrogens is 228 g/mol. The molecule has 0 amide bonds. The number of anilines is 2. The van der Waals surface area contributed by atoms with Gasteiger partial charge in [0.05, 0.1) is 7.11 Å². The highest BCUT2D eigenvalue weighted by Crippen LogP contribution is 2.30. The van der Waals surface area contributed by atoms with Crippen LogP contribution in [0.3, 0.4) is 0 Å². The zero-order chi connectivity index (χ0) is 13.9. The van der Waals surface area contributed by atoms with E-state index in [0.29, 0.717) is 23.4 Å². The number of aromatic nitrogens is 2. The van der Waals surface area contributed by atoms with Crippen LogP contribution in [0.5, 0.6) is 5.88 Å². The van der Waals surface area contributed by atoms with E-state index >= 15 is 0 Å². The van der Waals surface area contributed by atoms with E-state index in [1.54, 1.807) is 7.11 Å². The molecule has 0 aliphatic heterocycles. The molecule has 0 saturated heterocycles. The summed E-state index contributed by atoms with van der Waals surface area (Å²) in [6.45, 7) is 10.4. The first kappa shape index (κ1) is 14.5. The maximum absolute atomic E-state index is 6.00. The molecule has 0 fully saturated rings. The molecule has 0 aliphatic rings. The van der Waals surface area contributed by atoms with E-state index in [1.807, 2.05) is 0 Å². The molecule has 1 unspecified atom stereocenters. The molecule has 0 aromatic carbocycles. The summed E-state index contributed by atoms with van der Waals surface area (Å²) < 4.78 is 5.22. The molecule has 1 rings (SSSR count). The Morgan fingerprint density at radius 3 is 2.39 bits per heavy atom.